The Kier molecular flexibility index (Phi) is 7.66. The third kappa shape index (κ3) is 5.79. The highest BCUT2D eigenvalue weighted by atomic mass is 32.2. The molecule has 1 fully saturated rings. The third-order valence-electron chi connectivity index (χ3n) is 6.26. The molecule has 0 radical (unpaired) electrons. The van der Waals surface area contributed by atoms with Gasteiger partial charge in [0.2, 0.25) is 15.0 Å². The molecule has 0 saturated carbocycles. The predicted molar refractivity (Wildman–Crippen MR) is 130 cm³/mol. The molecule has 2 heterocycles. The van der Waals surface area contributed by atoms with Crippen molar-refractivity contribution in [2.45, 2.75) is 56.8 Å². The van der Waals surface area contributed by atoms with Crippen LogP contribution < -0.4 is 0 Å². The Morgan fingerprint density at radius 2 is 1.94 bits per heavy atom. The van der Waals surface area contributed by atoms with Crippen LogP contribution in [0.25, 0.3) is 0 Å². The molecule has 1 saturated heterocycles. The lowest BCUT2D eigenvalue weighted by Crippen LogP contribution is -2.32. The number of carbonyl (C=O) groups excluding carboxylic acids is 1. The highest BCUT2D eigenvalue weighted by Crippen LogP contribution is 2.23. The van der Waals surface area contributed by atoms with Gasteiger partial charge in [-0.25, -0.2) is 17.8 Å². The molecular formula is C26H30FN3O4S. The first-order valence-electron chi connectivity index (χ1n) is 11.8. The second-order valence-corrected chi connectivity index (χ2v) is 10.7. The number of nitrogens with zero attached hydrogens (tertiary/aromatic N) is 3. The zero-order valence-corrected chi connectivity index (χ0v) is 20.8. The topological polar surface area (TPSA) is 81.5 Å². The maximum atomic E-state index is 13.4. The molecule has 2 aromatic carbocycles. The summed E-state index contributed by atoms with van der Waals surface area (Å²) in [6.07, 6.45) is 3.15. The van der Waals surface area contributed by atoms with Gasteiger partial charge in [0.15, 0.2) is 0 Å². The van der Waals surface area contributed by atoms with Gasteiger partial charge in [-0.3, -0.25) is 4.79 Å². The standard InChI is InChI=1S/C26H30FN3O4S/c1-3-29(25(31)24-9-5-4-7-19(24)2)16-22-15-28-26(30(22)17-23-8-6-14-34-23)35(32,33)18-20-10-12-21(27)13-11-20/h4-5,7,9-13,15,23H,3,6,8,14,16-18H2,1-2H3/t23-/m0/s1. The quantitative estimate of drug-likeness (QED) is 0.442. The van der Waals surface area contributed by atoms with E-state index in [0.717, 1.165) is 18.4 Å². The Labute approximate surface area is 205 Å². The number of hydrogen-bond donors (Lipinski definition) is 0. The Bertz CT molecular complexity index is 1280. The van der Waals surface area contributed by atoms with Gasteiger partial charge in [0.1, 0.15) is 5.82 Å². The first kappa shape index (κ1) is 25.1. The van der Waals surface area contributed by atoms with Gasteiger partial charge in [0.05, 0.1) is 36.8 Å². The number of amides is 1. The van der Waals surface area contributed by atoms with E-state index in [1.807, 2.05) is 32.0 Å². The number of aromatic nitrogens is 2. The van der Waals surface area contributed by atoms with Crippen molar-refractivity contribution >= 4 is 15.7 Å². The van der Waals surface area contributed by atoms with Crippen molar-refractivity contribution in [3.05, 3.63) is 82.9 Å². The number of carbonyl (C=O) groups is 1. The monoisotopic (exact) mass is 499 g/mol. The molecule has 186 valence electrons. The molecule has 0 N–H and O–H groups in total. The first-order chi connectivity index (χ1) is 16.8. The van der Waals surface area contributed by atoms with E-state index in [2.05, 4.69) is 4.98 Å². The molecule has 0 spiro atoms. The molecule has 0 bridgehead atoms. The highest BCUT2D eigenvalue weighted by molar-refractivity contribution is 7.90. The first-order valence-corrected chi connectivity index (χ1v) is 13.4. The van der Waals surface area contributed by atoms with Crippen LogP contribution in [0.1, 0.15) is 46.9 Å². The van der Waals surface area contributed by atoms with Crippen molar-refractivity contribution in [3.63, 3.8) is 0 Å². The van der Waals surface area contributed by atoms with Crippen LogP contribution in [0, 0.1) is 12.7 Å². The second-order valence-electron chi connectivity index (χ2n) is 8.80. The lowest BCUT2D eigenvalue weighted by Gasteiger charge is -2.23. The normalized spacial score (nSPS) is 15.9. The summed E-state index contributed by atoms with van der Waals surface area (Å²) in [4.78, 5) is 19.2. The van der Waals surface area contributed by atoms with E-state index in [1.165, 1.54) is 30.5 Å². The summed E-state index contributed by atoms with van der Waals surface area (Å²) in [6, 6.07) is 12.8. The van der Waals surface area contributed by atoms with Crippen LogP contribution in [0.5, 0.6) is 0 Å². The van der Waals surface area contributed by atoms with E-state index < -0.39 is 15.7 Å². The number of hydrogen-bond acceptors (Lipinski definition) is 5. The van der Waals surface area contributed by atoms with Crippen LogP contribution in [-0.2, 0) is 33.4 Å². The Hall–Kier alpha value is -3.04. The second kappa shape index (κ2) is 10.7. The molecule has 1 aliphatic rings. The molecule has 3 aromatic rings. The van der Waals surface area contributed by atoms with E-state index >= 15 is 0 Å². The number of imidazole rings is 1. The molecule has 4 rings (SSSR count). The molecule has 1 atom stereocenters. The van der Waals surface area contributed by atoms with Gasteiger partial charge in [-0.15, -0.1) is 0 Å². The summed E-state index contributed by atoms with van der Waals surface area (Å²) in [6.45, 7) is 5.43. The molecule has 35 heavy (non-hydrogen) atoms. The Morgan fingerprint density at radius 1 is 1.20 bits per heavy atom. The van der Waals surface area contributed by atoms with Crippen LogP contribution in [0.3, 0.4) is 0 Å². The van der Waals surface area contributed by atoms with Gasteiger partial charge in [-0.2, -0.15) is 0 Å². The molecule has 0 unspecified atom stereocenters. The van der Waals surface area contributed by atoms with Gasteiger partial charge < -0.3 is 14.2 Å². The minimum absolute atomic E-state index is 0.0632. The van der Waals surface area contributed by atoms with Gasteiger partial charge >= 0.3 is 0 Å². The van der Waals surface area contributed by atoms with Crippen molar-refractivity contribution in [3.8, 4) is 0 Å². The van der Waals surface area contributed by atoms with Gasteiger partial charge in [-0.05, 0) is 56.0 Å². The number of halogens is 1. The lowest BCUT2D eigenvalue weighted by atomic mass is 10.1. The van der Waals surface area contributed by atoms with Crippen molar-refractivity contribution in [2.24, 2.45) is 0 Å². The fourth-order valence-electron chi connectivity index (χ4n) is 4.32. The number of benzene rings is 2. The number of ether oxygens (including phenoxy) is 1. The smallest absolute Gasteiger partial charge is 0.254 e. The number of sulfone groups is 1. The summed E-state index contributed by atoms with van der Waals surface area (Å²) in [5, 5.41) is -0.0632. The summed E-state index contributed by atoms with van der Waals surface area (Å²) < 4.78 is 47.4. The lowest BCUT2D eigenvalue weighted by molar-refractivity contribution is 0.0740. The number of aryl methyl sites for hydroxylation is 1. The summed E-state index contributed by atoms with van der Waals surface area (Å²) >= 11 is 0. The highest BCUT2D eigenvalue weighted by Gasteiger charge is 2.28. The van der Waals surface area contributed by atoms with Gasteiger partial charge in [0.25, 0.3) is 5.91 Å². The van der Waals surface area contributed by atoms with Crippen LogP contribution in [0.15, 0.2) is 59.9 Å². The summed E-state index contributed by atoms with van der Waals surface area (Å²) in [5.74, 6) is -0.841. The van der Waals surface area contributed by atoms with E-state index in [1.54, 1.807) is 15.5 Å². The molecule has 1 aromatic heterocycles. The van der Waals surface area contributed by atoms with Crippen molar-refractivity contribution in [1.29, 1.82) is 0 Å². The Morgan fingerprint density at radius 3 is 2.60 bits per heavy atom. The van der Waals surface area contributed by atoms with Gasteiger partial charge in [-0.1, -0.05) is 30.3 Å². The largest absolute Gasteiger partial charge is 0.376 e. The van der Waals surface area contributed by atoms with Crippen LogP contribution in [0.2, 0.25) is 0 Å². The molecule has 1 amide bonds. The van der Waals surface area contributed by atoms with E-state index in [9.17, 15) is 17.6 Å². The summed E-state index contributed by atoms with van der Waals surface area (Å²) in [7, 11) is -3.83. The van der Waals surface area contributed by atoms with Crippen molar-refractivity contribution in [2.75, 3.05) is 13.2 Å². The fraction of sp³-hybridized carbons (Fsp3) is 0.385. The minimum atomic E-state index is -3.83. The molecular weight excluding hydrogens is 469 g/mol. The van der Waals surface area contributed by atoms with Crippen LogP contribution in [-0.4, -0.2) is 48.0 Å². The maximum absolute atomic E-state index is 13.4. The van der Waals surface area contributed by atoms with Gasteiger partial charge in [0, 0.05) is 18.7 Å². The average molecular weight is 500 g/mol. The van der Waals surface area contributed by atoms with Crippen LogP contribution in [0.4, 0.5) is 4.39 Å². The number of rotatable bonds is 9. The molecule has 0 aliphatic carbocycles. The third-order valence-corrected chi connectivity index (χ3v) is 7.85. The van der Waals surface area contributed by atoms with E-state index in [-0.39, 0.29) is 29.5 Å². The Balaban J connectivity index is 1.65. The van der Waals surface area contributed by atoms with Crippen molar-refractivity contribution < 1.29 is 22.3 Å². The summed E-state index contributed by atoms with van der Waals surface area (Å²) in [5.41, 5.74) is 2.60. The van der Waals surface area contributed by atoms with E-state index in [0.29, 0.717) is 36.5 Å². The van der Waals surface area contributed by atoms with E-state index in [4.69, 9.17) is 4.74 Å². The zero-order valence-electron chi connectivity index (χ0n) is 20.0. The molecule has 9 heteroatoms. The molecule has 1 aliphatic heterocycles. The maximum Gasteiger partial charge on any atom is 0.254 e. The minimum Gasteiger partial charge on any atom is -0.376 e. The fourth-order valence-corrected chi connectivity index (χ4v) is 5.83. The van der Waals surface area contributed by atoms with Crippen LogP contribution >= 0.6 is 0 Å². The van der Waals surface area contributed by atoms with Crippen molar-refractivity contribution in [1.82, 2.24) is 14.5 Å². The SMILES string of the molecule is CCN(Cc1cnc(S(=O)(=O)Cc2ccc(F)cc2)n1C[C@@H]1CCCO1)C(=O)c1ccccc1C. The molecule has 7 nitrogen and oxygen atoms in total. The average Bonchev–Trinajstić information content (AvgIpc) is 3.49. The predicted octanol–water partition coefficient (Wildman–Crippen LogP) is 4.15. The zero-order chi connectivity index (χ0) is 25.0.